The Morgan fingerprint density at radius 2 is 1.71 bits per heavy atom. The van der Waals surface area contributed by atoms with Gasteiger partial charge in [0.2, 0.25) is 5.91 Å². The zero-order valence-electron chi connectivity index (χ0n) is 22.5. The van der Waals surface area contributed by atoms with Gasteiger partial charge in [0.05, 0.1) is 30.1 Å². The summed E-state index contributed by atoms with van der Waals surface area (Å²) >= 11 is 0. The van der Waals surface area contributed by atoms with Crippen molar-refractivity contribution in [3.8, 4) is 11.5 Å². The molecular weight excluding hydrogens is 491 g/mol. The normalized spacial score (nSPS) is 32.9. The molecule has 0 aliphatic heterocycles. The van der Waals surface area contributed by atoms with Crippen molar-refractivity contribution in [3.63, 3.8) is 0 Å². The molecule has 0 unspecified atom stereocenters. The number of carbonyl (C=O) groups is 3. The van der Waals surface area contributed by atoms with Gasteiger partial charge in [-0.15, -0.1) is 0 Å². The highest BCUT2D eigenvalue weighted by atomic mass is 19.1. The molecule has 0 radical (unpaired) electrons. The van der Waals surface area contributed by atoms with Crippen molar-refractivity contribution >= 4 is 17.8 Å². The van der Waals surface area contributed by atoms with Gasteiger partial charge in [0.1, 0.15) is 5.75 Å². The second-order valence-corrected chi connectivity index (χ2v) is 12.6. The minimum Gasteiger partial charge on any atom is -0.496 e. The lowest BCUT2D eigenvalue weighted by molar-refractivity contribution is -0.150. The topological polar surface area (TPSA) is 114 Å². The van der Waals surface area contributed by atoms with Crippen LogP contribution in [0.4, 0.5) is 4.39 Å². The predicted molar refractivity (Wildman–Crippen MR) is 138 cm³/mol. The summed E-state index contributed by atoms with van der Waals surface area (Å²) in [5.74, 6) is -1.61. The van der Waals surface area contributed by atoms with Crippen molar-refractivity contribution < 1.29 is 33.4 Å². The predicted octanol–water partition coefficient (Wildman–Crippen LogP) is 4.31. The van der Waals surface area contributed by atoms with Crippen LogP contribution in [0.3, 0.4) is 0 Å². The Kier molecular flexibility index (Phi) is 7.07. The maximum atomic E-state index is 14.9. The first-order chi connectivity index (χ1) is 18.0. The first-order valence-electron chi connectivity index (χ1n) is 13.9. The third kappa shape index (κ3) is 5.21. The molecule has 1 aromatic rings. The number of nitrogens with one attached hydrogen (secondary N) is 2. The van der Waals surface area contributed by atoms with Crippen LogP contribution in [0.5, 0.6) is 11.5 Å². The standard InChI is InChI=1S/C29H39FN2O6/c1-28(10-11-28)15-31-26(34)23-16-4-5-17(12-16)24(23)32-25(33)19-13-22(20(30)14-21(19)37-3)38-18-6-8-29(2,9-7-18)27(35)36/h13-14,16-18,23-24H,4-12,15H2,1-3H3,(H,31,34)(H,32,33)(H,35,36)/t16-,17+,18-,23+,24-,29+/m1/s1. The Morgan fingerprint density at radius 1 is 1.03 bits per heavy atom. The average molecular weight is 531 g/mol. The van der Waals surface area contributed by atoms with Crippen LogP contribution in [0.25, 0.3) is 0 Å². The first kappa shape index (κ1) is 26.8. The van der Waals surface area contributed by atoms with E-state index in [1.165, 1.54) is 13.2 Å². The minimum atomic E-state index is -0.833. The van der Waals surface area contributed by atoms with Crippen molar-refractivity contribution in [2.75, 3.05) is 13.7 Å². The smallest absolute Gasteiger partial charge is 0.309 e. The summed E-state index contributed by atoms with van der Waals surface area (Å²) in [6, 6.07) is 2.24. The van der Waals surface area contributed by atoms with E-state index in [4.69, 9.17) is 9.47 Å². The third-order valence-corrected chi connectivity index (χ3v) is 9.65. The highest BCUT2D eigenvalue weighted by molar-refractivity contribution is 5.98. The molecule has 4 saturated carbocycles. The number of rotatable bonds is 9. The molecule has 9 heteroatoms. The second kappa shape index (κ2) is 10.0. The summed E-state index contributed by atoms with van der Waals surface area (Å²) in [4.78, 5) is 38.2. The Morgan fingerprint density at radius 3 is 2.34 bits per heavy atom. The molecule has 4 aliphatic carbocycles. The quantitative estimate of drug-likeness (QED) is 0.439. The Balaban J connectivity index is 1.29. The summed E-state index contributed by atoms with van der Waals surface area (Å²) < 4.78 is 26.2. The van der Waals surface area contributed by atoms with Gasteiger partial charge in [-0.05, 0) is 88.0 Å². The molecule has 2 bridgehead atoms. The molecule has 2 amide bonds. The molecule has 0 spiro atoms. The number of carboxylic acid groups (broad SMARTS) is 1. The Hall–Kier alpha value is -2.84. The number of methoxy groups -OCH3 is 1. The molecule has 38 heavy (non-hydrogen) atoms. The number of carbonyl (C=O) groups excluding carboxylic acids is 2. The van der Waals surface area contributed by atoms with Crippen molar-refractivity contribution in [1.82, 2.24) is 10.6 Å². The van der Waals surface area contributed by atoms with E-state index in [1.54, 1.807) is 6.92 Å². The number of halogens is 1. The van der Waals surface area contributed by atoms with Gasteiger partial charge in [0, 0.05) is 18.7 Å². The van der Waals surface area contributed by atoms with E-state index in [-0.39, 0.29) is 58.3 Å². The number of aliphatic carboxylic acids is 1. The second-order valence-electron chi connectivity index (χ2n) is 12.6. The fraction of sp³-hybridized carbons (Fsp3) is 0.690. The first-order valence-corrected chi connectivity index (χ1v) is 13.9. The molecule has 208 valence electrons. The van der Waals surface area contributed by atoms with Crippen LogP contribution in [-0.2, 0) is 9.59 Å². The van der Waals surface area contributed by atoms with Gasteiger partial charge in [-0.3, -0.25) is 14.4 Å². The fourth-order valence-corrected chi connectivity index (χ4v) is 6.63. The van der Waals surface area contributed by atoms with Crippen LogP contribution in [0, 0.1) is 34.4 Å². The van der Waals surface area contributed by atoms with Gasteiger partial charge in [-0.1, -0.05) is 6.92 Å². The van der Waals surface area contributed by atoms with Crippen molar-refractivity contribution in [2.24, 2.45) is 28.6 Å². The molecular formula is C29H39FN2O6. The van der Waals surface area contributed by atoms with Crippen LogP contribution < -0.4 is 20.1 Å². The largest absolute Gasteiger partial charge is 0.496 e. The molecule has 4 fully saturated rings. The Bertz CT molecular complexity index is 1110. The number of carboxylic acids is 1. The van der Waals surface area contributed by atoms with E-state index in [1.807, 2.05) is 0 Å². The summed E-state index contributed by atoms with van der Waals surface area (Å²) in [6.07, 6.45) is 6.64. The van der Waals surface area contributed by atoms with Crippen LogP contribution >= 0.6 is 0 Å². The van der Waals surface area contributed by atoms with Gasteiger partial charge in [-0.2, -0.15) is 0 Å². The Labute approximate surface area is 223 Å². The molecule has 4 aliphatic rings. The van der Waals surface area contributed by atoms with E-state index < -0.39 is 23.1 Å². The number of hydrogen-bond acceptors (Lipinski definition) is 5. The highest BCUT2D eigenvalue weighted by Crippen LogP contribution is 2.49. The van der Waals surface area contributed by atoms with Crippen molar-refractivity contribution in [2.45, 2.75) is 83.8 Å². The molecule has 5 rings (SSSR count). The average Bonchev–Trinajstić information content (AvgIpc) is 3.29. The van der Waals surface area contributed by atoms with Crippen LogP contribution in [0.2, 0.25) is 0 Å². The van der Waals surface area contributed by atoms with Crippen LogP contribution in [0.1, 0.15) is 82.0 Å². The lowest BCUT2D eigenvalue weighted by Crippen LogP contribution is -2.50. The van der Waals surface area contributed by atoms with Gasteiger partial charge in [0.15, 0.2) is 11.6 Å². The molecule has 4 atom stereocenters. The molecule has 0 saturated heterocycles. The lowest BCUT2D eigenvalue weighted by Gasteiger charge is -2.34. The third-order valence-electron chi connectivity index (χ3n) is 9.65. The molecule has 8 nitrogen and oxygen atoms in total. The maximum absolute atomic E-state index is 14.9. The van der Waals surface area contributed by atoms with E-state index in [0.29, 0.717) is 32.2 Å². The molecule has 1 aromatic carbocycles. The monoisotopic (exact) mass is 530 g/mol. The van der Waals surface area contributed by atoms with Crippen molar-refractivity contribution in [1.29, 1.82) is 0 Å². The number of ether oxygens (including phenoxy) is 2. The molecule has 3 N–H and O–H groups in total. The summed E-state index contributed by atoms with van der Waals surface area (Å²) in [6.45, 7) is 4.56. The fourth-order valence-electron chi connectivity index (χ4n) is 6.63. The van der Waals surface area contributed by atoms with Gasteiger partial charge in [0.25, 0.3) is 5.91 Å². The van der Waals surface area contributed by atoms with Gasteiger partial charge >= 0.3 is 5.97 Å². The number of amides is 2. The molecule has 0 heterocycles. The number of benzene rings is 1. The summed E-state index contributed by atoms with van der Waals surface area (Å²) in [7, 11) is 1.38. The van der Waals surface area contributed by atoms with Crippen LogP contribution in [0.15, 0.2) is 12.1 Å². The van der Waals surface area contributed by atoms with E-state index >= 15 is 0 Å². The van der Waals surface area contributed by atoms with Gasteiger partial charge in [-0.25, -0.2) is 4.39 Å². The van der Waals surface area contributed by atoms with Crippen LogP contribution in [-0.4, -0.2) is 48.7 Å². The minimum absolute atomic E-state index is 0.0105. The highest BCUT2D eigenvalue weighted by Gasteiger charge is 2.52. The summed E-state index contributed by atoms with van der Waals surface area (Å²) in [5, 5.41) is 15.7. The summed E-state index contributed by atoms with van der Waals surface area (Å²) in [5.41, 5.74) is -0.444. The van der Waals surface area contributed by atoms with E-state index in [0.717, 1.165) is 38.2 Å². The van der Waals surface area contributed by atoms with E-state index in [2.05, 4.69) is 17.6 Å². The zero-order valence-corrected chi connectivity index (χ0v) is 22.5. The number of fused-ring (bicyclic) bond motifs is 2. The SMILES string of the molecule is COc1cc(F)c(O[C@H]2CC[C@@](C)(C(=O)O)CC2)cc1C(=O)N[C@@H]1[C@H]2CC[C@H](C2)[C@@H]1C(=O)NCC1(C)CC1. The zero-order chi connectivity index (χ0) is 27.2. The van der Waals surface area contributed by atoms with E-state index in [9.17, 15) is 23.9 Å². The lowest BCUT2D eigenvalue weighted by atomic mass is 9.75. The van der Waals surface area contributed by atoms with Gasteiger partial charge < -0.3 is 25.2 Å². The van der Waals surface area contributed by atoms with Crippen molar-refractivity contribution in [3.05, 3.63) is 23.5 Å². The maximum Gasteiger partial charge on any atom is 0.309 e. The number of hydrogen-bond donors (Lipinski definition) is 3. The molecule has 0 aromatic heterocycles.